The number of ether oxygens (including phenoxy) is 1. The molecule has 1 heterocycles. The van der Waals surface area contributed by atoms with Crippen LogP contribution in [0.5, 0.6) is 0 Å². The molecule has 1 atom stereocenters. The molecule has 1 aliphatic heterocycles. The first kappa shape index (κ1) is 11.1. The van der Waals surface area contributed by atoms with Crippen LogP contribution in [0, 0.1) is 6.92 Å². The summed E-state index contributed by atoms with van der Waals surface area (Å²) in [4.78, 5) is 13.4. The molecule has 0 spiro atoms. The first-order valence-corrected chi connectivity index (χ1v) is 4.89. The largest absolute Gasteiger partial charge is 0.354 e. The fraction of sp³-hybridized carbons (Fsp3) is 0.636. The molecule has 0 bridgehead atoms. The first-order chi connectivity index (χ1) is 6.53. The van der Waals surface area contributed by atoms with Crippen molar-refractivity contribution in [1.29, 1.82) is 0 Å². The molecule has 78 valence electrons. The van der Waals surface area contributed by atoms with Gasteiger partial charge in [-0.05, 0) is 20.3 Å². The fourth-order valence-corrected chi connectivity index (χ4v) is 1.87. The molecule has 0 aromatic rings. The molecule has 0 aromatic carbocycles. The lowest BCUT2D eigenvalue weighted by molar-refractivity contribution is -0.145. The Morgan fingerprint density at radius 1 is 1.79 bits per heavy atom. The maximum Gasteiger partial charge on any atom is 0.269 e. The van der Waals surface area contributed by atoms with Crippen molar-refractivity contribution in [2.24, 2.45) is 0 Å². The van der Waals surface area contributed by atoms with Gasteiger partial charge in [0.25, 0.3) is 5.91 Å². The number of carbonyl (C=O) groups excluding carboxylic acids is 1. The molecule has 3 nitrogen and oxygen atoms in total. The third-order valence-corrected chi connectivity index (χ3v) is 2.50. The lowest BCUT2D eigenvalue weighted by Crippen LogP contribution is -2.47. The summed E-state index contributed by atoms with van der Waals surface area (Å²) in [5.74, 6) is 0.0411. The van der Waals surface area contributed by atoms with Crippen molar-refractivity contribution in [1.82, 2.24) is 4.90 Å². The molecule has 0 saturated carbocycles. The lowest BCUT2D eigenvalue weighted by atomic mass is 10.1. The number of rotatable bonds is 3. The molecule has 0 unspecified atom stereocenters. The average Bonchev–Trinajstić information content (AvgIpc) is 2.41. The minimum absolute atomic E-state index is 0.0411. The Bertz CT molecular complexity index is 235. The van der Waals surface area contributed by atoms with E-state index in [0.717, 1.165) is 6.42 Å². The molecule has 3 heteroatoms. The Labute approximate surface area is 85.7 Å². The normalized spacial score (nSPS) is 25.0. The Morgan fingerprint density at radius 2 is 2.43 bits per heavy atom. The van der Waals surface area contributed by atoms with E-state index in [-0.39, 0.29) is 18.4 Å². The second-order valence-electron chi connectivity index (χ2n) is 3.95. The molecule has 0 radical (unpaired) electrons. The van der Waals surface area contributed by atoms with E-state index in [1.807, 2.05) is 19.9 Å². The van der Waals surface area contributed by atoms with Crippen molar-refractivity contribution in [3.05, 3.63) is 19.6 Å². The maximum absolute atomic E-state index is 11.7. The molecular weight excluding hydrogens is 178 g/mol. The van der Waals surface area contributed by atoms with Crippen molar-refractivity contribution in [2.75, 3.05) is 6.61 Å². The van der Waals surface area contributed by atoms with Crippen LogP contribution in [0.25, 0.3) is 0 Å². The first-order valence-electron chi connectivity index (χ1n) is 4.89. The van der Waals surface area contributed by atoms with Gasteiger partial charge in [-0.1, -0.05) is 6.08 Å². The van der Waals surface area contributed by atoms with E-state index in [9.17, 15) is 4.79 Å². The van der Waals surface area contributed by atoms with Crippen LogP contribution in [0.1, 0.15) is 26.7 Å². The van der Waals surface area contributed by atoms with Gasteiger partial charge >= 0.3 is 0 Å². The minimum Gasteiger partial charge on any atom is -0.354 e. The third kappa shape index (κ3) is 1.93. The fourth-order valence-electron chi connectivity index (χ4n) is 1.87. The van der Waals surface area contributed by atoms with Gasteiger partial charge in [-0.25, -0.2) is 0 Å². The van der Waals surface area contributed by atoms with E-state index in [1.54, 1.807) is 4.90 Å². The van der Waals surface area contributed by atoms with Crippen molar-refractivity contribution >= 4 is 5.91 Å². The number of amides is 1. The van der Waals surface area contributed by atoms with Crippen LogP contribution in [-0.4, -0.2) is 29.2 Å². The average molecular weight is 196 g/mol. The predicted molar refractivity (Wildman–Crippen MR) is 55.5 cm³/mol. The van der Waals surface area contributed by atoms with Crippen LogP contribution in [0.4, 0.5) is 0 Å². The topological polar surface area (TPSA) is 29.5 Å². The number of hydrogen-bond acceptors (Lipinski definition) is 2. The van der Waals surface area contributed by atoms with Gasteiger partial charge < -0.3 is 9.64 Å². The van der Waals surface area contributed by atoms with E-state index in [0.29, 0.717) is 6.61 Å². The summed E-state index contributed by atoms with van der Waals surface area (Å²) in [7, 11) is 0. The van der Waals surface area contributed by atoms with Gasteiger partial charge in [0.2, 0.25) is 0 Å². The molecule has 1 rings (SSSR count). The van der Waals surface area contributed by atoms with Crippen molar-refractivity contribution in [3.63, 3.8) is 0 Å². The van der Waals surface area contributed by atoms with Crippen LogP contribution < -0.4 is 0 Å². The monoisotopic (exact) mass is 196 g/mol. The predicted octanol–water partition coefficient (Wildman–Crippen LogP) is 1.75. The second kappa shape index (κ2) is 4.05. The van der Waals surface area contributed by atoms with Gasteiger partial charge in [0.1, 0.15) is 5.72 Å². The van der Waals surface area contributed by atoms with Crippen molar-refractivity contribution in [3.8, 4) is 0 Å². The summed E-state index contributed by atoms with van der Waals surface area (Å²) >= 11 is 0. The van der Waals surface area contributed by atoms with Crippen LogP contribution in [0.3, 0.4) is 0 Å². The standard InChI is InChI=1S/C11H18NO2/c1-5-7-9-8-14-11(3,4)12(9)10(13)6-2/h5,9H,1-2,6-8H2,3-4H3/q+1/t9-/m0/s1. The second-order valence-corrected chi connectivity index (χ2v) is 3.95. The molecule has 14 heavy (non-hydrogen) atoms. The van der Waals surface area contributed by atoms with Gasteiger partial charge in [-0.3, -0.25) is 4.79 Å². The summed E-state index contributed by atoms with van der Waals surface area (Å²) in [5, 5.41) is 0. The molecule has 1 saturated heterocycles. The highest BCUT2D eigenvalue weighted by molar-refractivity contribution is 5.78. The molecule has 0 aromatic heterocycles. The van der Waals surface area contributed by atoms with Crippen LogP contribution >= 0.6 is 0 Å². The zero-order chi connectivity index (χ0) is 10.8. The minimum atomic E-state index is -0.498. The van der Waals surface area contributed by atoms with Gasteiger partial charge in [0.15, 0.2) is 6.42 Å². The lowest BCUT2D eigenvalue weighted by Gasteiger charge is -2.32. The zero-order valence-electron chi connectivity index (χ0n) is 8.95. The van der Waals surface area contributed by atoms with Crippen molar-refractivity contribution in [2.45, 2.75) is 38.5 Å². The Hall–Kier alpha value is -0.960. The van der Waals surface area contributed by atoms with E-state index in [1.165, 1.54) is 0 Å². The Kier molecular flexibility index (Phi) is 3.21. The number of nitrogens with zero attached hydrogens (tertiary/aromatic N) is 1. The van der Waals surface area contributed by atoms with Gasteiger partial charge in [0, 0.05) is 0 Å². The van der Waals surface area contributed by atoms with Crippen LogP contribution in [0.2, 0.25) is 0 Å². The third-order valence-electron chi connectivity index (χ3n) is 2.50. The molecule has 0 N–H and O–H groups in total. The number of carbonyl (C=O) groups is 1. The summed E-state index contributed by atoms with van der Waals surface area (Å²) in [5.41, 5.74) is -0.498. The summed E-state index contributed by atoms with van der Waals surface area (Å²) < 4.78 is 5.57. The molecule has 1 fully saturated rings. The van der Waals surface area contributed by atoms with Gasteiger partial charge in [-0.15, -0.1) is 6.58 Å². The van der Waals surface area contributed by atoms with E-state index in [2.05, 4.69) is 13.5 Å². The summed E-state index contributed by atoms with van der Waals surface area (Å²) in [6.45, 7) is 11.7. The molecule has 1 aliphatic rings. The van der Waals surface area contributed by atoms with E-state index < -0.39 is 5.72 Å². The highest BCUT2D eigenvalue weighted by Gasteiger charge is 2.42. The maximum atomic E-state index is 11.7. The highest BCUT2D eigenvalue weighted by atomic mass is 16.5. The van der Waals surface area contributed by atoms with Gasteiger partial charge in [0.05, 0.1) is 19.6 Å². The van der Waals surface area contributed by atoms with Crippen LogP contribution in [0.15, 0.2) is 12.7 Å². The Balaban J connectivity index is 2.80. The summed E-state index contributed by atoms with van der Waals surface area (Å²) in [6, 6.07) is 0.122. The SMILES string of the molecule is C=CC[C@H]1COC(C)(C)N1C(=O)C[CH2+]. The quantitative estimate of drug-likeness (QED) is 0.508. The molecule has 1 amide bonds. The van der Waals surface area contributed by atoms with E-state index >= 15 is 0 Å². The molecule has 0 aliphatic carbocycles. The highest BCUT2D eigenvalue weighted by Crippen LogP contribution is 2.29. The summed E-state index contributed by atoms with van der Waals surface area (Å²) in [6.07, 6.45) is 2.87. The zero-order valence-corrected chi connectivity index (χ0v) is 8.95. The van der Waals surface area contributed by atoms with E-state index in [4.69, 9.17) is 4.74 Å². The Morgan fingerprint density at radius 3 is 2.93 bits per heavy atom. The number of hydrogen-bond donors (Lipinski definition) is 0. The van der Waals surface area contributed by atoms with Crippen LogP contribution in [-0.2, 0) is 9.53 Å². The molecular formula is C11H18NO2+. The smallest absolute Gasteiger partial charge is 0.269 e. The van der Waals surface area contributed by atoms with Gasteiger partial charge in [-0.2, -0.15) is 0 Å². The van der Waals surface area contributed by atoms with Crippen molar-refractivity contribution < 1.29 is 9.53 Å².